The topological polar surface area (TPSA) is 99.0 Å². The summed E-state index contributed by atoms with van der Waals surface area (Å²) in [6, 6.07) is 8.05. The van der Waals surface area contributed by atoms with Gasteiger partial charge in [0, 0.05) is 27.8 Å². The van der Waals surface area contributed by atoms with Crippen molar-refractivity contribution in [2.75, 3.05) is 13.3 Å². The van der Waals surface area contributed by atoms with Gasteiger partial charge in [-0.3, -0.25) is 4.79 Å². The van der Waals surface area contributed by atoms with Gasteiger partial charge in [-0.05, 0) is 50.1 Å². The van der Waals surface area contributed by atoms with E-state index in [0.717, 1.165) is 42.2 Å². The van der Waals surface area contributed by atoms with Gasteiger partial charge in [-0.15, -0.1) is 0 Å². The number of allylic oxidation sites excluding steroid dienone is 9. The number of carboxylic acid groups (broad SMARTS) is 1. The van der Waals surface area contributed by atoms with E-state index in [2.05, 4.69) is 35.8 Å². The number of fused-ring (bicyclic) bond motifs is 1. The third-order valence-electron chi connectivity index (χ3n) is 4.91. The molecule has 2 heterocycles. The van der Waals surface area contributed by atoms with E-state index < -0.39 is 5.97 Å². The van der Waals surface area contributed by atoms with Gasteiger partial charge in [0.15, 0.2) is 0 Å². The number of hydrogen-bond acceptors (Lipinski definition) is 5. The van der Waals surface area contributed by atoms with Crippen molar-refractivity contribution in [1.29, 1.82) is 0 Å². The minimum atomic E-state index is -0.720. The molecule has 2 N–H and O–H groups in total. The number of aryl methyl sites for hydroxylation is 1. The second kappa shape index (κ2) is 17.3. The Balaban J connectivity index is 0.000000471. The van der Waals surface area contributed by atoms with E-state index in [0.29, 0.717) is 13.3 Å². The molecular weight excluding hydrogens is 616 g/mol. The van der Waals surface area contributed by atoms with Gasteiger partial charge in [-0.1, -0.05) is 72.0 Å². The number of benzene rings is 1. The Bertz CT molecular complexity index is 989. The van der Waals surface area contributed by atoms with Crippen molar-refractivity contribution in [3.05, 3.63) is 113 Å². The van der Waals surface area contributed by atoms with Crippen molar-refractivity contribution in [1.82, 2.24) is 5.32 Å². The van der Waals surface area contributed by atoms with Crippen LogP contribution in [0.3, 0.4) is 0 Å². The summed E-state index contributed by atoms with van der Waals surface area (Å²) in [5, 5.41) is 15.5. The first-order valence-corrected chi connectivity index (χ1v) is 11.0. The van der Waals surface area contributed by atoms with E-state index in [-0.39, 0.29) is 27.1 Å². The Morgan fingerprint density at radius 3 is 2.63 bits per heavy atom. The van der Waals surface area contributed by atoms with E-state index >= 15 is 0 Å². The minimum Gasteiger partial charge on any atom is -0.649 e. The third-order valence-corrected chi connectivity index (χ3v) is 4.91. The van der Waals surface area contributed by atoms with E-state index in [1.807, 2.05) is 67.5 Å². The van der Waals surface area contributed by atoms with Gasteiger partial charge in [0.05, 0.1) is 0 Å². The first kappa shape index (κ1) is 29.9. The molecule has 186 valence electrons. The van der Waals surface area contributed by atoms with Crippen LogP contribution >= 0.6 is 0 Å². The smallest absolute Gasteiger partial charge is 0.320 e. The van der Waals surface area contributed by atoms with Gasteiger partial charge >= 0.3 is 5.97 Å². The molecule has 0 radical (unpaired) electrons. The Morgan fingerprint density at radius 2 is 1.94 bits per heavy atom. The second-order valence-electron chi connectivity index (χ2n) is 7.48. The molecular formula is C27H31N2O5W-. The first-order chi connectivity index (χ1) is 16.6. The molecule has 0 amide bonds. The van der Waals surface area contributed by atoms with Crippen LogP contribution in [0.1, 0.15) is 24.0 Å². The van der Waals surface area contributed by atoms with Crippen molar-refractivity contribution in [3.8, 4) is 0 Å². The van der Waals surface area contributed by atoms with Crippen LogP contribution in [0.5, 0.6) is 0 Å². The molecule has 35 heavy (non-hydrogen) atoms. The number of carboxylic acids is 1. The molecule has 4 rings (SSSR count). The minimum absolute atomic E-state index is 0. The van der Waals surface area contributed by atoms with Crippen LogP contribution in [0.4, 0.5) is 0 Å². The SMILES string of the molecule is C=O.Cc1cccc(COC2=C/C=C3/OC[N-]/C3=C/C=C\C=C/C=C\2)c1.O=C(O)C1CCCN1.[W]. The molecule has 2 saturated heterocycles. The molecule has 2 fully saturated rings. The summed E-state index contributed by atoms with van der Waals surface area (Å²) in [6.45, 7) is 5.83. The molecule has 1 atom stereocenters. The van der Waals surface area contributed by atoms with Crippen molar-refractivity contribution < 1.29 is 45.2 Å². The maximum atomic E-state index is 10.1. The van der Waals surface area contributed by atoms with Gasteiger partial charge < -0.3 is 30.0 Å². The summed E-state index contributed by atoms with van der Waals surface area (Å²) >= 11 is 0. The van der Waals surface area contributed by atoms with Crippen LogP contribution in [-0.4, -0.2) is 37.2 Å². The average molecular weight is 647 g/mol. The normalized spacial score (nSPS) is 25.2. The number of hydrogen-bond donors (Lipinski definition) is 2. The van der Waals surface area contributed by atoms with Gasteiger partial charge in [0.25, 0.3) is 0 Å². The molecule has 0 bridgehead atoms. The molecule has 0 saturated carbocycles. The predicted octanol–water partition coefficient (Wildman–Crippen LogP) is 4.84. The van der Waals surface area contributed by atoms with Crippen LogP contribution in [0.25, 0.3) is 5.32 Å². The van der Waals surface area contributed by atoms with Crippen LogP contribution in [0.15, 0.2) is 96.2 Å². The van der Waals surface area contributed by atoms with E-state index in [1.54, 1.807) is 0 Å². The molecule has 7 nitrogen and oxygen atoms in total. The van der Waals surface area contributed by atoms with E-state index in [9.17, 15) is 4.79 Å². The van der Waals surface area contributed by atoms with Gasteiger partial charge in [0.2, 0.25) is 0 Å². The van der Waals surface area contributed by atoms with Gasteiger partial charge in [-0.25, -0.2) is 0 Å². The summed E-state index contributed by atoms with van der Waals surface area (Å²) in [7, 11) is 0. The zero-order chi connectivity index (χ0) is 24.6. The number of ether oxygens (including phenoxy) is 2. The summed E-state index contributed by atoms with van der Waals surface area (Å²) in [5.41, 5.74) is 3.22. The van der Waals surface area contributed by atoms with E-state index in [4.69, 9.17) is 19.4 Å². The van der Waals surface area contributed by atoms with Crippen molar-refractivity contribution in [2.45, 2.75) is 32.4 Å². The fraction of sp³-hybridized carbons (Fsp3) is 0.259. The van der Waals surface area contributed by atoms with Crippen LogP contribution in [-0.2, 0) is 46.7 Å². The maximum Gasteiger partial charge on any atom is 0.320 e. The number of carbonyl (C=O) groups excluding carboxylic acids is 1. The molecule has 1 aromatic carbocycles. The van der Waals surface area contributed by atoms with Crippen LogP contribution in [0, 0.1) is 6.92 Å². The number of nitrogens with one attached hydrogen (secondary N) is 1. The average Bonchev–Trinajstić information content (AvgIpc) is 3.53. The first-order valence-electron chi connectivity index (χ1n) is 11.0. The number of rotatable bonds is 4. The Morgan fingerprint density at radius 1 is 1.17 bits per heavy atom. The number of nitrogens with zero attached hydrogens (tertiary/aromatic N) is 1. The summed E-state index contributed by atoms with van der Waals surface area (Å²) in [5.74, 6) is 0.810. The molecule has 0 aromatic heterocycles. The largest absolute Gasteiger partial charge is 0.649 e. The second-order valence-corrected chi connectivity index (χ2v) is 7.48. The monoisotopic (exact) mass is 647 g/mol. The molecule has 0 spiro atoms. The van der Waals surface area contributed by atoms with Gasteiger partial charge in [0.1, 0.15) is 31.0 Å². The molecule has 2 aliphatic heterocycles. The molecule has 8 heteroatoms. The molecule has 1 aromatic rings. The maximum absolute atomic E-state index is 10.1. The molecule has 3 aliphatic rings. The van der Waals surface area contributed by atoms with Crippen molar-refractivity contribution in [3.63, 3.8) is 0 Å². The van der Waals surface area contributed by atoms with Gasteiger partial charge in [-0.2, -0.15) is 0 Å². The Hall–Kier alpha value is -3.15. The Kier molecular flexibility index (Phi) is 14.8. The summed E-state index contributed by atoms with van der Waals surface area (Å²) < 4.78 is 11.5. The van der Waals surface area contributed by atoms with Crippen LogP contribution < -0.4 is 5.32 Å². The fourth-order valence-electron chi connectivity index (χ4n) is 3.25. The van der Waals surface area contributed by atoms with Crippen LogP contribution in [0.2, 0.25) is 0 Å². The third kappa shape index (κ3) is 11.2. The fourth-order valence-corrected chi connectivity index (χ4v) is 3.25. The quantitative estimate of drug-likeness (QED) is 0.486. The standard InChI is InChI=1S/C21H20NO2.C5H9NO2.CH2O.W/c1-17-8-7-9-18(14-17)15-23-19-10-5-3-2-4-6-11-20-21(13-12-19)24-16-22-20;7-5(8)4-2-1-3-6-4;1-2;/h2-14H,15-16H2,1H3;4,6H,1-3H2,(H,7,8);1H2;/q-1;;;/b3-2-,4-2?,5-3?,6-4-,10-5-,11-6?,13-12?,19-10?,19-12+,20-11+,21-13+;;;. The predicted molar refractivity (Wildman–Crippen MR) is 133 cm³/mol. The Labute approximate surface area is 221 Å². The zero-order valence-electron chi connectivity index (χ0n) is 19.8. The summed E-state index contributed by atoms with van der Waals surface area (Å²) in [4.78, 5) is 18.1. The van der Waals surface area contributed by atoms with Crippen molar-refractivity contribution in [2.24, 2.45) is 0 Å². The number of carbonyl (C=O) groups is 2. The molecule has 1 aliphatic carbocycles. The summed E-state index contributed by atoms with van der Waals surface area (Å²) in [6.07, 6.45) is 19.3. The molecule has 1 unspecified atom stereocenters. The van der Waals surface area contributed by atoms with Crippen molar-refractivity contribution >= 4 is 12.8 Å². The number of aliphatic carboxylic acids is 1. The van der Waals surface area contributed by atoms with E-state index in [1.165, 1.54) is 5.56 Å². The zero-order valence-corrected chi connectivity index (χ0v) is 22.7.